The molecule has 1 aromatic carbocycles. The van der Waals surface area contributed by atoms with Crippen molar-refractivity contribution in [1.29, 1.82) is 0 Å². The number of alkyl carbamates (subject to hydrolysis) is 1. The van der Waals surface area contributed by atoms with Crippen molar-refractivity contribution in [3.63, 3.8) is 0 Å². The van der Waals surface area contributed by atoms with Gasteiger partial charge in [-0.25, -0.2) is 9.80 Å². The van der Waals surface area contributed by atoms with Gasteiger partial charge < -0.3 is 25.8 Å². The van der Waals surface area contributed by atoms with Gasteiger partial charge in [-0.2, -0.15) is 0 Å². The molecule has 5 N–H and O–H groups in total. The zero-order valence-corrected chi connectivity index (χ0v) is 26.0. The lowest BCUT2D eigenvalue weighted by Crippen LogP contribution is -2.59. The third-order valence-corrected chi connectivity index (χ3v) is 7.69. The third-order valence-electron chi connectivity index (χ3n) is 7.69. The van der Waals surface area contributed by atoms with E-state index in [0.29, 0.717) is 18.9 Å². The molecule has 1 fully saturated rings. The van der Waals surface area contributed by atoms with Gasteiger partial charge in [0, 0.05) is 20.0 Å². The van der Waals surface area contributed by atoms with Crippen molar-refractivity contribution >= 4 is 23.8 Å². The van der Waals surface area contributed by atoms with Crippen LogP contribution in [0.15, 0.2) is 30.3 Å². The number of aliphatic hydroxyl groups is 1. The summed E-state index contributed by atoms with van der Waals surface area (Å²) in [6.45, 7) is 9.32. The summed E-state index contributed by atoms with van der Waals surface area (Å²) in [6, 6.07) is 7.18. The summed E-state index contributed by atoms with van der Waals surface area (Å²) in [5, 5.41) is 21.6. The van der Waals surface area contributed by atoms with Gasteiger partial charge in [0.05, 0.1) is 19.3 Å². The number of nitrogens with zero attached hydrogens (tertiary/aromatic N) is 1. The van der Waals surface area contributed by atoms with Gasteiger partial charge in [-0.1, -0.05) is 77.3 Å². The maximum Gasteiger partial charge on any atom is 0.407 e. The summed E-state index contributed by atoms with van der Waals surface area (Å²) in [7, 11) is 1.23. The minimum absolute atomic E-state index is 0.0572. The average molecular weight is 590 g/mol. The number of nitrogens with one attached hydrogen (secondary N) is 4. The largest absolute Gasteiger partial charge is 0.453 e. The summed E-state index contributed by atoms with van der Waals surface area (Å²) >= 11 is 0. The van der Waals surface area contributed by atoms with Crippen LogP contribution in [0.3, 0.4) is 0 Å². The smallest absolute Gasteiger partial charge is 0.407 e. The van der Waals surface area contributed by atoms with Crippen molar-refractivity contribution in [2.75, 3.05) is 20.2 Å². The molecule has 0 bridgehead atoms. The Kier molecular flexibility index (Phi) is 14.8. The lowest BCUT2D eigenvalue weighted by molar-refractivity contribution is -0.134. The van der Waals surface area contributed by atoms with E-state index in [-0.39, 0.29) is 30.2 Å². The molecule has 11 heteroatoms. The summed E-state index contributed by atoms with van der Waals surface area (Å²) in [5.74, 6) is -1.12. The molecule has 4 atom stereocenters. The highest BCUT2D eigenvalue weighted by Crippen LogP contribution is 2.24. The van der Waals surface area contributed by atoms with Crippen LogP contribution >= 0.6 is 0 Å². The predicted molar refractivity (Wildman–Crippen MR) is 161 cm³/mol. The van der Waals surface area contributed by atoms with E-state index in [2.05, 4.69) is 21.4 Å². The molecule has 1 saturated carbocycles. The minimum atomic E-state index is -1.07. The van der Waals surface area contributed by atoms with Gasteiger partial charge in [0.15, 0.2) is 0 Å². The zero-order chi connectivity index (χ0) is 31.2. The average Bonchev–Trinajstić information content (AvgIpc) is 2.94. The van der Waals surface area contributed by atoms with Gasteiger partial charge >= 0.3 is 6.09 Å². The summed E-state index contributed by atoms with van der Waals surface area (Å²) < 4.78 is 4.70. The van der Waals surface area contributed by atoms with Crippen LogP contribution in [0.2, 0.25) is 0 Å². The van der Waals surface area contributed by atoms with Crippen LogP contribution in [0.1, 0.15) is 72.3 Å². The number of carbonyl (C=O) groups is 4. The number of methoxy groups -OCH3 is 1. The van der Waals surface area contributed by atoms with Crippen LogP contribution in [0, 0.1) is 17.8 Å². The van der Waals surface area contributed by atoms with Crippen LogP contribution < -0.4 is 21.4 Å². The van der Waals surface area contributed by atoms with Crippen molar-refractivity contribution in [1.82, 2.24) is 26.4 Å². The molecule has 0 radical (unpaired) electrons. The molecule has 236 valence electrons. The predicted octanol–water partition coefficient (Wildman–Crippen LogP) is 2.53. The highest BCUT2D eigenvalue weighted by Gasteiger charge is 2.32. The fourth-order valence-electron chi connectivity index (χ4n) is 5.32. The second-order valence-corrected chi connectivity index (χ2v) is 12.0. The molecule has 0 aromatic heterocycles. The molecule has 1 aliphatic carbocycles. The Balaban J connectivity index is 2.29. The molecular weight excluding hydrogens is 538 g/mol. The van der Waals surface area contributed by atoms with Crippen LogP contribution in [0.4, 0.5) is 4.79 Å². The zero-order valence-electron chi connectivity index (χ0n) is 26.0. The van der Waals surface area contributed by atoms with Gasteiger partial charge in [0.1, 0.15) is 12.1 Å². The van der Waals surface area contributed by atoms with Crippen LogP contribution in [0.5, 0.6) is 0 Å². The first-order valence-electron chi connectivity index (χ1n) is 15.1. The van der Waals surface area contributed by atoms with Gasteiger partial charge in [-0.05, 0) is 42.6 Å². The molecule has 4 amide bonds. The second kappa shape index (κ2) is 17.7. The van der Waals surface area contributed by atoms with Crippen LogP contribution in [0.25, 0.3) is 0 Å². The van der Waals surface area contributed by atoms with E-state index in [0.717, 1.165) is 31.2 Å². The standard InChI is InChI=1S/C31H51N5O6/c1-20(2)27(34-31(41)42-6)29(39)33-25(17-23-13-9-7-10-14-23)26(38)19-36(18-24-15-11-8-12-16-24)35-30(40)28(21(3)4)32-22(5)37/h7,9-10,13-14,20-21,24-28,38H,8,11-12,15-19H2,1-6H3,(H,32,37)(H,33,39)(H,34,41)(H,35,40)/t25-,26+,27-,28-/m0/s1. The van der Waals surface area contributed by atoms with E-state index >= 15 is 0 Å². The molecule has 0 heterocycles. The molecule has 2 rings (SSSR count). The van der Waals surface area contributed by atoms with E-state index in [4.69, 9.17) is 4.74 Å². The van der Waals surface area contributed by atoms with Crippen molar-refractivity contribution < 1.29 is 29.0 Å². The second-order valence-electron chi connectivity index (χ2n) is 12.0. The fourth-order valence-corrected chi connectivity index (χ4v) is 5.32. The first-order valence-corrected chi connectivity index (χ1v) is 15.1. The van der Waals surface area contributed by atoms with Crippen molar-refractivity contribution in [3.8, 4) is 0 Å². The number of hydrazine groups is 1. The van der Waals surface area contributed by atoms with Gasteiger partial charge in [0.25, 0.3) is 5.91 Å². The number of ether oxygens (including phenoxy) is 1. The van der Waals surface area contributed by atoms with Crippen molar-refractivity contribution in [2.24, 2.45) is 17.8 Å². The molecule has 0 unspecified atom stereocenters. The normalized spacial score (nSPS) is 16.8. The van der Waals surface area contributed by atoms with Crippen LogP contribution in [-0.4, -0.2) is 78.4 Å². The first kappa shape index (κ1) is 35.0. The quantitative estimate of drug-likeness (QED) is 0.197. The Labute approximate surface area is 250 Å². The molecule has 1 aliphatic rings. The van der Waals surface area contributed by atoms with Crippen LogP contribution in [-0.2, 0) is 25.5 Å². The molecule has 0 saturated heterocycles. The minimum Gasteiger partial charge on any atom is -0.453 e. The maximum absolute atomic E-state index is 13.4. The number of benzene rings is 1. The van der Waals surface area contributed by atoms with E-state index in [1.54, 1.807) is 5.01 Å². The number of amides is 4. The summed E-state index contributed by atoms with van der Waals surface area (Å²) in [5.41, 5.74) is 3.88. The number of aliphatic hydroxyl groups excluding tert-OH is 1. The van der Waals surface area contributed by atoms with E-state index in [1.807, 2.05) is 58.0 Å². The Bertz CT molecular complexity index is 999. The van der Waals surface area contributed by atoms with Gasteiger partial charge in [-0.15, -0.1) is 0 Å². The maximum atomic E-state index is 13.4. The number of rotatable bonds is 15. The van der Waals surface area contributed by atoms with Crippen molar-refractivity contribution in [2.45, 2.75) is 97.4 Å². The molecular formula is C31H51N5O6. The van der Waals surface area contributed by atoms with Gasteiger partial charge in [-0.3, -0.25) is 19.8 Å². The Morgan fingerprint density at radius 1 is 0.905 bits per heavy atom. The van der Waals surface area contributed by atoms with Gasteiger partial charge in [0.2, 0.25) is 11.8 Å². The van der Waals surface area contributed by atoms with Crippen molar-refractivity contribution in [3.05, 3.63) is 35.9 Å². The third kappa shape index (κ3) is 12.0. The highest BCUT2D eigenvalue weighted by atomic mass is 16.5. The number of hydrogen-bond donors (Lipinski definition) is 5. The topological polar surface area (TPSA) is 149 Å². The molecule has 1 aromatic rings. The molecule has 42 heavy (non-hydrogen) atoms. The number of hydrogen-bond acceptors (Lipinski definition) is 7. The van der Waals surface area contributed by atoms with E-state index in [1.165, 1.54) is 20.5 Å². The monoisotopic (exact) mass is 589 g/mol. The Morgan fingerprint density at radius 2 is 1.50 bits per heavy atom. The molecule has 11 nitrogen and oxygen atoms in total. The fraction of sp³-hybridized carbons (Fsp3) is 0.677. The Morgan fingerprint density at radius 3 is 2.05 bits per heavy atom. The van der Waals surface area contributed by atoms with E-state index in [9.17, 15) is 24.3 Å². The molecule has 0 spiro atoms. The first-order chi connectivity index (χ1) is 19.9. The Hall–Kier alpha value is -3.18. The van der Waals surface area contributed by atoms with E-state index < -0.39 is 36.2 Å². The highest BCUT2D eigenvalue weighted by molar-refractivity contribution is 5.87. The lowest BCUT2D eigenvalue weighted by Gasteiger charge is -2.35. The summed E-state index contributed by atoms with van der Waals surface area (Å²) in [6.07, 6.45) is 4.03. The summed E-state index contributed by atoms with van der Waals surface area (Å²) in [4.78, 5) is 50.4. The number of carbonyl (C=O) groups excluding carboxylic acids is 4. The SMILES string of the molecule is COC(=O)N[C@H](C(=O)N[C@@H](Cc1ccccc1)[C@H](O)CN(CC1CCCCC1)NC(=O)[C@@H](NC(C)=O)C(C)C)C(C)C. The molecule has 0 aliphatic heterocycles. The lowest BCUT2D eigenvalue weighted by atomic mass is 9.89.